The van der Waals surface area contributed by atoms with Gasteiger partial charge < -0.3 is 15.1 Å². The fourth-order valence-corrected chi connectivity index (χ4v) is 3.26. The zero-order valence-corrected chi connectivity index (χ0v) is 15.4. The Balaban J connectivity index is 1.42. The average molecular weight is 384 g/mol. The van der Waals surface area contributed by atoms with E-state index in [2.05, 4.69) is 25.1 Å². The van der Waals surface area contributed by atoms with Crippen molar-refractivity contribution in [2.75, 3.05) is 41.3 Å². The van der Waals surface area contributed by atoms with Gasteiger partial charge in [0.2, 0.25) is 5.95 Å². The van der Waals surface area contributed by atoms with Crippen LogP contribution in [0.5, 0.6) is 0 Å². The molecule has 0 atom stereocenters. The first-order chi connectivity index (χ1) is 13.2. The van der Waals surface area contributed by atoms with Gasteiger partial charge in [0.05, 0.1) is 5.69 Å². The number of rotatable bonds is 4. The van der Waals surface area contributed by atoms with Crippen molar-refractivity contribution in [2.45, 2.75) is 0 Å². The number of hydrogen-bond donors (Lipinski definition) is 1. The molecule has 0 aliphatic carbocycles. The Bertz CT molecular complexity index is 910. The molecule has 0 spiro atoms. The smallest absolute Gasteiger partial charge is 0.229 e. The summed E-state index contributed by atoms with van der Waals surface area (Å²) in [5.41, 5.74) is 1.53. The number of para-hydroxylation sites is 1. The van der Waals surface area contributed by atoms with Crippen molar-refractivity contribution in [2.24, 2.45) is 0 Å². The van der Waals surface area contributed by atoms with Crippen LogP contribution in [0.4, 0.5) is 27.5 Å². The molecule has 1 aliphatic rings. The second-order valence-corrected chi connectivity index (χ2v) is 6.73. The van der Waals surface area contributed by atoms with Gasteiger partial charge in [-0.05, 0) is 42.5 Å². The molecule has 1 aromatic heterocycles. The van der Waals surface area contributed by atoms with Crippen molar-refractivity contribution >= 4 is 34.7 Å². The molecule has 0 saturated carbocycles. The van der Waals surface area contributed by atoms with E-state index in [9.17, 15) is 4.39 Å². The van der Waals surface area contributed by atoms with Gasteiger partial charge in [-0.1, -0.05) is 23.7 Å². The third-order valence-corrected chi connectivity index (χ3v) is 4.79. The first-order valence-corrected chi connectivity index (χ1v) is 9.17. The van der Waals surface area contributed by atoms with Gasteiger partial charge in [0.25, 0.3) is 0 Å². The minimum Gasteiger partial charge on any atom is -0.366 e. The Labute approximate surface area is 162 Å². The van der Waals surface area contributed by atoms with E-state index >= 15 is 0 Å². The molecule has 3 aromatic rings. The molecular weight excluding hydrogens is 365 g/mol. The van der Waals surface area contributed by atoms with E-state index in [-0.39, 0.29) is 5.82 Å². The molecule has 1 fully saturated rings. The summed E-state index contributed by atoms with van der Waals surface area (Å²) in [5, 5.41) is 3.87. The number of hydrogen-bond acceptors (Lipinski definition) is 5. The number of nitrogens with one attached hydrogen (secondary N) is 1. The SMILES string of the molecule is Fc1ccccc1N1CCN(c2ccnc(Nc3ccc(Cl)cc3)n2)CC1. The van der Waals surface area contributed by atoms with Crippen LogP contribution in [-0.2, 0) is 0 Å². The Kier molecular flexibility index (Phi) is 5.07. The van der Waals surface area contributed by atoms with Gasteiger partial charge in [0.1, 0.15) is 11.6 Å². The number of benzene rings is 2. The van der Waals surface area contributed by atoms with Crippen molar-refractivity contribution in [3.63, 3.8) is 0 Å². The second-order valence-electron chi connectivity index (χ2n) is 6.30. The molecule has 0 amide bonds. The summed E-state index contributed by atoms with van der Waals surface area (Å²) in [6.45, 7) is 3.02. The molecule has 7 heteroatoms. The third kappa shape index (κ3) is 4.11. The minimum atomic E-state index is -0.178. The van der Waals surface area contributed by atoms with Crippen LogP contribution in [-0.4, -0.2) is 36.1 Å². The van der Waals surface area contributed by atoms with Crippen LogP contribution in [0.25, 0.3) is 0 Å². The van der Waals surface area contributed by atoms with Crippen LogP contribution < -0.4 is 15.1 Å². The summed E-state index contributed by atoms with van der Waals surface area (Å²) >= 11 is 5.91. The van der Waals surface area contributed by atoms with Gasteiger partial charge in [-0.15, -0.1) is 0 Å². The average Bonchev–Trinajstić information content (AvgIpc) is 2.71. The van der Waals surface area contributed by atoms with Crippen molar-refractivity contribution in [1.29, 1.82) is 0 Å². The van der Waals surface area contributed by atoms with E-state index in [0.29, 0.717) is 16.7 Å². The van der Waals surface area contributed by atoms with E-state index in [0.717, 1.165) is 37.7 Å². The van der Waals surface area contributed by atoms with E-state index in [1.54, 1.807) is 12.3 Å². The Morgan fingerprint density at radius 3 is 2.33 bits per heavy atom. The molecule has 1 N–H and O–H groups in total. The van der Waals surface area contributed by atoms with Gasteiger partial charge in [-0.2, -0.15) is 4.98 Å². The Morgan fingerprint density at radius 2 is 1.59 bits per heavy atom. The molecule has 2 heterocycles. The predicted molar refractivity (Wildman–Crippen MR) is 108 cm³/mol. The summed E-state index contributed by atoms with van der Waals surface area (Å²) < 4.78 is 14.0. The van der Waals surface area contributed by atoms with Gasteiger partial charge in [0, 0.05) is 43.1 Å². The van der Waals surface area contributed by atoms with Crippen LogP contribution in [0, 0.1) is 5.82 Å². The Morgan fingerprint density at radius 1 is 0.889 bits per heavy atom. The molecule has 2 aromatic carbocycles. The first-order valence-electron chi connectivity index (χ1n) is 8.79. The normalized spacial score (nSPS) is 14.3. The van der Waals surface area contributed by atoms with Gasteiger partial charge in [0.15, 0.2) is 0 Å². The lowest BCUT2D eigenvalue weighted by atomic mass is 10.2. The topological polar surface area (TPSA) is 44.3 Å². The molecule has 138 valence electrons. The summed E-state index contributed by atoms with van der Waals surface area (Å²) in [6, 6.07) is 16.2. The molecule has 0 bridgehead atoms. The minimum absolute atomic E-state index is 0.178. The Hall–Kier alpha value is -2.86. The lowest BCUT2D eigenvalue weighted by molar-refractivity contribution is 0.596. The monoisotopic (exact) mass is 383 g/mol. The quantitative estimate of drug-likeness (QED) is 0.726. The van der Waals surface area contributed by atoms with E-state index in [1.165, 1.54) is 6.07 Å². The number of halogens is 2. The summed E-state index contributed by atoms with van der Waals surface area (Å²) in [4.78, 5) is 13.1. The zero-order chi connectivity index (χ0) is 18.6. The highest BCUT2D eigenvalue weighted by Gasteiger charge is 2.20. The molecule has 1 aliphatic heterocycles. The molecule has 4 rings (SSSR count). The molecule has 27 heavy (non-hydrogen) atoms. The lowest BCUT2D eigenvalue weighted by Gasteiger charge is -2.36. The maximum atomic E-state index is 14.0. The zero-order valence-electron chi connectivity index (χ0n) is 14.6. The lowest BCUT2D eigenvalue weighted by Crippen LogP contribution is -2.47. The summed E-state index contributed by atoms with van der Waals surface area (Å²) in [6.07, 6.45) is 1.74. The summed E-state index contributed by atoms with van der Waals surface area (Å²) in [7, 11) is 0. The standard InChI is InChI=1S/C20H19ClFN5/c21-15-5-7-16(8-6-15)24-20-23-10-9-19(25-20)27-13-11-26(12-14-27)18-4-2-1-3-17(18)22/h1-10H,11-14H2,(H,23,24,25). The maximum Gasteiger partial charge on any atom is 0.229 e. The maximum absolute atomic E-state index is 14.0. The molecule has 0 radical (unpaired) electrons. The fraction of sp³-hybridized carbons (Fsp3) is 0.200. The highest BCUT2D eigenvalue weighted by atomic mass is 35.5. The molecule has 0 unspecified atom stereocenters. The van der Waals surface area contributed by atoms with Crippen LogP contribution in [0.3, 0.4) is 0 Å². The first kappa shape index (κ1) is 17.5. The number of nitrogens with zero attached hydrogens (tertiary/aromatic N) is 4. The van der Waals surface area contributed by atoms with E-state index in [4.69, 9.17) is 11.6 Å². The van der Waals surface area contributed by atoms with Crippen LogP contribution in [0.2, 0.25) is 5.02 Å². The van der Waals surface area contributed by atoms with E-state index < -0.39 is 0 Å². The number of aromatic nitrogens is 2. The fourth-order valence-electron chi connectivity index (χ4n) is 3.13. The predicted octanol–water partition coefficient (Wildman–Crippen LogP) is 4.34. The van der Waals surface area contributed by atoms with Gasteiger partial charge in [-0.25, -0.2) is 9.37 Å². The molecule has 1 saturated heterocycles. The highest BCUT2D eigenvalue weighted by molar-refractivity contribution is 6.30. The largest absolute Gasteiger partial charge is 0.366 e. The highest BCUT2D eigenvalue weighted by Crippen LogP contribution is 2.23. The van der Waals surface area contributed by atoms with Gasteiger partial charge >= 0.3 is 0 Å². The van der Waals surface area contributed by atoms with E-state index in [1.807, 2.05) is 42.5 Å². The second kappa shape index (κ2) is 7.80. The molecule has 5 nitrogen and oxygen atoms in total. The van der Waals surface area contributed by atoms with Crippen molar-refractivity contribution in [3.05, 3.63) is 71.6 Å². The molecular formula is C20H19ClFN5. The number of piperazine rings is 1. The number of anilines is 4. The van der Waals surface area contributed by atoms with Crippen molar-refractivity contribution in [3.8, 4) is 0 Å². The third-order valence-electron chi connectivity index (χ3n) is 4.54. The van der Waals surface area contributed by atoms with Crippen molar-refractivity contribution in [1.82, 2.24) is 9.97 Å². The van der Waals surface area contributed by atoms with Crippen LogP contribution in [0.15, 0.2) is 60.8 Å². The van der Waals surface area contributed by atoms with Crippen LogP contribution >= 0.6 is 11.6 Å². The van der Waals surface area contributed by atoms with Crippen molar-refractivity contribution < 1.29 is 4.39 Å². The summed E-state index contributed by atoms with van der Waals surface area (Å²) in [5.74, 6) is 1.21. The van der Waals surface area contributed by atoms with Gasteiger partial charge in [-0.3, -0.25) is 0 Å². The van der Waals surface area contributed by atoms with Crippen LogP contribution in [0.1, 0.15) is 0 Å².